The molecule has 0 aliphatic carbocycles. The van der Waals surface area contributed by atoms with E-state index in [1.165, 1.54) is 4.90 Å². The van der Waals surface area contributed by atoms with Crippen LogP contribution in [0.1, 0.15) is 24.0 Å². The molecule has 2 unspecified atom stereocenters. The molecule has 0 saturated heterocycles. The van der Waals surface area contributed by atoms with Crippen molar-refractivity contribution < 1.29 is 24.2 Å². The number of nitrogens with zero attached hydrogens (tertiary/aromatic N) is 1. The molecule has 2 atom stereocenters. The summed E-state index contributed by atoms with van der Waals surface area (Å²) in [6, 6.07) is 14.5. The van der Waals surface area contributed by atoms with Crippen molar-refractivity contribution in [3.05, 3.63) is 59.7 Å². The Hall–Kier alpha value is -2.86. The minimum absolute atomic E-state index is 0.125. The van der Waals surface area contributed by atoms with Crippen molar-refractivity contribution in [1.82, 2.24) is 0 Å². The van der Waals surface area contributed by atoms with Gasteiger partial charge in [0.15, 0.2) is 0 Å². The second kappa shape index (κ2) is 7.58. The number of fused-ring (bicyclic) bond motifs is 1. The summed E-state index contributed by atoms with van der Waals surface area (Å²) in [7, 11) is 1.59. The van der Waals surface area contributed by atoms with E-state index in [-0.39, 0.29) is 19.1 Å². The SMILES string of the molecule is COc1cccc(COC(C)C(=O)N2CC(C(=O)O)c3ccccc32)c1. The lowest BCUT2D eigenvalue weighted by molar-refractivity contribution is -0.138. The van der Waals surface area contributed by atoms with Crippen LogP contribution in [0.25, 0.3) is 0 Å². The van der Waals surface area contributed by atoms with E-state index in [0.717, 1.165) is 11.3 Å². The van der Waals surface area contributed by atoms with Crippen LogP contribution < -0.4 is 9.64 Å². The van der Waals surface area contributed by atoms with Crippen molar-refractivity contribution >= 4 is 17.6 Å². The summed E-state index contributed by atoms with van der Waals surface area (Å²) < 4.78 is 10.9. The van der Waals surface area contributed by atoms with Gasteiger partial charge in [0, 0.05) is 12.2 Å². The summed E-state index contributed by atoms with van der Waals surface area (Å²) in [5, 5.41) is 9.42. The molecule has 0 spiro atoms. The molecule has 1 amide bonds. The predicted molar refractivity (Wildman–Crippen MR) is 96.4 cm³/mol. The number of benzene rings is 2. The fourth-order valence-corrected chi connectivity index (χ4v) is 3.10. The van der Waals surface area contributed by atoms with Gasteiger partial charge in [0.25, 0.3) is 5.91 Å². The van der Waals surface area contributed by atoms with Crippen molar-refractivity contribution in [3.8, 4) is 5.75 Å². The molecule has 1 N–H and O–H groups in total. The molecule has 3 rings (SSSR count). The molecule has 1 heterocycles. The summed E-state index contributed by atoms with van der Waals surface area (Å²) in [6.45, 7) is 2.07. The van der Waals surface area contributed by atoms with Gasteiger partial charge in [0.1, 0.15) is 17.8 Å². The van der Waals surface area contributed by atoms with Gasteiger partial charge in [0.05, 0.1) is 13.7 Å². The lowest BCUT2D eigenvalue weighted by Gasteiger charge is -2.22. The first-order valence-corrected chi connectivity index (χ1v) is 8.39. The smallest absolute Gasteiger partial charge is 0.312 e. The third-order valence-corrected chi connectivity index (χ3v) is 4.51. The number of carbonyl (C=O) groups excluding carboxylic acids is 1. The van der Waals surface area contributed by atoms with E-state index in [2.05, 4.69) is 0 Å². The summed E-state index contributed by atoms with van der Waals surface area (Å²) in [5.41, 5.74) is 2.20. The van der Waals surface area contributed by atoms with E-state index < -0.39 is 18.0 Å². The summed E-state index contributed by atoms with van der Waals surface area (Å²) in [6.07, 6.45) is -0.693. The molecule has 6 nitrogen and oxygen atoms in total. The molecule has 0 bridgehead atoms. The highest BCUT2D eigenvalue weighted by molar-refractivity contribution is 6.01. The average molecular weight is 355 g/mol. The van der Waals surface area contributed by atoms with Gasteiger partial charge in [0.2, 0.25) is 0 Å². The highest BCUT2D eigenvalue weighted by atomic mass is 16.5. The van der Waals surface area contributed by atoms with Gasteiger partial charge in [-0.3, -0.25) is 9.59 Å². The Labute approximate surface area is 152 Å². The highest BCUT2D eigenvalue weighted by Crippen LogP contribution is 2.36. The maximum Gasteiger partial charge on any atom is 0.312 e. The van der Waals surface area contributed by atoms with Crippen molar-refractivity contribution in [2.24, 2.45) is 0 Å². The lowest BCUT2D eigenvalue weighted by Crippen LogP contribution is -2.39. The van der Waals surface area contributed by atoms with Crippen LogP contribution in [0.4, 0.5) is 5.69 Å². The zero-order valence-corrected chi connectivity index (χ0v) is 14.7. The molecule has 26 heavy (non-hydrogen) atoms. The number of anilines is 1. The number of aliphatic carboxylic acids is 1. The van der Waals surface area contributed by atoms with Crippen molar-refractivity contribution in [3.63, 3.8) is 0 Å². The summed E-state index contributed by atoms with van der Waals surface area (Å²) in [4.78, 5) is 25.8. The van der Waals surface area contributed by atoms with Crippen LogP contribution in [0.5, 0.6) is 5.75 Å². The number of carboxylic acid groups (broad SMARTS) is 1. The van der Waals surface area contributed by atoms with Crippen molar-refractivity contribution in [1.29, 1.82) is 0 Å². The van der Waals surface area contributed by atoms with Crippen LogP contribution in [0.15, 0.2) is 48.5 Å². The highest BCUT2D eigenvalue weighted by Gasteiger charge is 2.37. The fraction of sp³-hybridized carbons (Fsp3) is 0.300. The van der Waals surface area contributed by atoms with Crippen molar-refractivity contribution in [2.45, 2.75) is 25.6 Å². The molecule has 2 aromatic rings. The topological polar surface area (TPSA) is 76.1 Å². The van der Waals surface area contributed by atoms with Crippen LogP contribution in [0.3, 0.4) is 0 Å². The van der Waals surface area contributed by atoms with Crippen LogP contribution in [0.2, 0.25) is 0 Å². The number of ether oxygens (including phenoxy) is 2. The Morgan fingerprint density at radius 1 is 1.23 bits per heavy atom. The second-order valence-electron chi connectivity index (χ2n) is 6.20. The second-order valence-corrected chi connectivity index (χ2v) is 6.20. The Bertz CT molecular complexity index is 819. The summed E-state index contributed by atoms with van der Waals surface area (Å²) in [5.74, 6) is -1.16. The van der Waals surface area contributed by atoms with Crippen molar-refractivity contribution in [2.75, 3.05) is 18.6 Å². The number of hydrogen-bond donors (Lipinski definition) is 1. The first kappa shape index (κ1) is 17.9. The van der Waals surface area contributed by atoms with E-state index in [0.29, 0.717) is 11.3 Å². The van der Waals surface area contributed by atoms with Crippen LogP contribution in [0, 0.1) is 0 Å². The molecule has 0 aromatic heterocycles. The minimum atomic E-state index is -0.933. The third kappa shape index (κ3) is 3.55. The van der Waals surface area contributed by atoms with Gasteiger partial charge < -0.3 is 19.5 Å². The van der Waals surface area contributed by atoms with Gasteiger partial charge in [-0.25, -0.2) is 0 Å². The quantitative estimate of drug-likeness (QED) is 0.862. The van der Waals surface area contributed by atoms with Gasteiger partial charge in [-0.15, -0.1) is 0 Å². The van der Waals surface area contributed by atoms with E-state index in [1.54, 1.807) is 38.3 Å². The van der Waals surface area contributed by atoms with Crippen LogP contribution in [-0.2, 0) is 20.9 Å². The Balaban J connectivity index is 1.70. The van der Waals surface area contributed by atoms with Gasteiger partial charge in [-0.1, -0.05) is 30.3 Å². The molecule has 2 aromatic carbocycles. The van der Waals surface area contributed by atoms with Gasteiger partial charge in [-0.2, -0.15) is 0 Å². The number of methoxy groups -OCH3 is 1. The number of hydrogen-bond acceptors (Lipinski definition) is 4. The predicted octanol–water partition coefficient (Wildman–Crippen LogP) is 2.82. The molecule has 1 aliphatic heterocycles. The molecule has 0 radical (unpaired) electrons. The minimum Gasteiger partial charge on any atom is -0.497 e. The number of amides is 1. The molecular weight excluding hydrogens is 334 g/mol. The normalized spacial score (nSPS) is 16.8. The van der Waals surface area contributed by atoms with Gasteiger partial charge in [-0.05, 0) is 36.2 Å². The Morgan fingerprint density at radius 3 is 2.73 bits per heavy atom. The fourth-order valence-electron chi connectivity index (χ4n) is 3.10. The first-order chi connectivity index (χ1) is 12.5. The number of carboxylic acids is 1. The molecule has 136 valence electrons. The summed E-state index contributed by atoms with van der Waals surface area (Å²) >= 11 is 0. The maximum absolute atomic E-state index is 12.8. The first-order valence-electron chi connectivity index (χ1n) is 8.39. The monoisotopic (exact) mass is 355 g/mol. The molecule has 0 saturated carbocycles. The lowest BCUT2D eigenvalue weighted by atomic mass is 10.0. The standard InChI is InChI=1S/C20H21NO5/c1-13(26-12-14-6-5-7-15(10-14)25-2)19(22)21-11-17(20(23)24)16-8-3-4-9-18(16)21/h3-10,13,17H,11-12H2,1-2H3,(H,23,24). The molecular formula is C20H21NO5. The number of para-hydroxylation sites is 1. The van der Waals surface area contributed by atoms with E-state index in [4.69, 9.17) is 9.47 Å². The van der Waals surface area contributed by atoms with Crippen LogP contribution >= 0.6 is 0 Å². The largest absolute Gasteiger partial charge is 0.497 e. The maximum atomic E-state index is 12.8. The zero-order valence-electron chi connectivity index (χ0n) is 14.7. The average Bonchev–Trinajstić information content (AvgIpc) is 3.05. The van der Waals surface area contributed by atoms with E-state index in [1.807, 2.05) is 24.3 Å². The zero-order chi connectivity index (χ0) is 18.7. The molecule has 6 heteroatoms. The number of carbonyl (C=O) groups is 2. The van der Waals surface area contributed by atoms with E-state index >= 15 is 0 Å². The Morgan fingerprint density at radius 2 is 2.00 bits per heavy atom. The number of rotatable bonds is 6. The Kier molecular flexibility index (Phi) is 5.23. The van der Waals surface area contributed by atoms with Crippen LogP contribution in [-0.4, -0.2) is 36.7 Å². The molecule has 1 aliphatic rings. The molecule has 0 fully saturated rings. The third-order valence-electron chi connectivity index (χ3n) is 4.51. The van der Waals surface area contributed by atoms with E-state index in [9.17, 15) is 14.7 Å². The van der Waals surface area contributed by atoms with Gasteiger partial charge >= 0.3 is 5.97 Å².